The number of benzene rings is 3. The first-order valence-electron chi connectivity index (χ1n) is 11.0. The minimum absolute atomic E-state index is 0.0138. The van der Waals surface area contributed by atoms with E-state index in [1.165, 1.54) is 5.56 Å². The number of hydrogen-bond acceptors (Lipinski definition) is 4. The highest BCUT2D eigenvalue weighted by molar-refractivity contribution is 6.32. The summed E-state index contributed by atoms with van der Waals surface area (Å²) in [5, 5.41) is 6.81. The Labute approximate surface area is 201 Å². The summed E-state index contributed by atoms with van der Waals surface area (Å²) in [4.78, 5) is 12.0. The summed E-state index contributed by atoms with van der Waals surface area (Å²) >= 11 is 6.54. The van der Waals surface area contributed by atoms with Gasteiger partial charge in [-0.3, -0.25) is 4.79 Å². The van der Waals surface area contributed by atoms with Gasteiger partial charge in [-0.05, 0) is 54.3 Å². The lowest BCUT2D eigenvalue weighted by Crippen LogP contribution is -2.13. The third-order valence-electron chi connectivity index (χ3n) is 4.99. The van der Waals surface area contributed by atoms with Gasteiger partial charge < -0.3 is 20.1 Å². The SMILES string of the molecule is COc1cc(CNc2cccc(NC(=O)CC(C)C)c2)cc(Cl)c1OCc1cccc(C)c1. The zero-order chi connectivity index (χ0) is 23.8. The number of carbonyl (C=O) groups is 1. The molecule has 0 spiro atoms. The number of aryl methyl sites for hydroxylation is 1. The van der Waals surface area contributed by atoms with Crippen LogP contribution in [-0.4, -0.2) is 13.0 Å². The molecule has 3 aromatic carbocycles. The summed E-state index contributed by atoms with van der Waals surface area (Å²) in [6.45, 7) is 7.04. The maximum absolute atomic E-state index is 12.0. The number of amides is 1. The molecule has 2 N–H and O–H groups in total. The summed E-state index contributed by atoms with van der Waals surface area (Å²) < 4.78 is 11.5. The van der Waals surface area contributed by atoms with E-state index in [0.29, 0.717) is 42.0 Å². The van der Waals surface area contributed by atoms with Gasteiger partial charge in [0.15, 0.2) is 11.5 Å². The van der Waals surface area contributed by atoms with Gasteiger partial charge in [0.2, 0.25) is 5.91 Å². The van der Waals surface area contributed by atoms with E-state index in [-0.39, 0.29) is 5.91 Å². The van der Waals surface area contributed by atoms with Crippen molar-refractivity contribution in [3.8, 4) is 11.5 Å². The Balaban J connectivity index is 1.65. The van der Waals surface area contributed by atoms with Crippen molar-refractivity contribution in [1.29, 1.82) is 0 Å². The molecule has 3 rings (SSSR count). The fourth-order valence-corrected chi connectivity index (χ4v) is 3.75. The number of hydrogen-bond donors (Lipinski definition) is 2. The number of carbonyl (C=O) groups excluding carboxylic acids is 1. The van der Waals surface area contributed by atoms with Crippen LogP contribution in [0.15, 0.2) is 60.7 Å². The van der Waals surface area contributed by atoms with E-state index < -0.39 is 0 Å². The van der Waals surface area contributed by atoms with Crippen molar-refractivity contribution in [2.24, 2.45) is 5.92 Å². The van der Waals surface area contributed by atoms with Gasteiger partial charge in [-0.2, -0.15) is 0 Å². The third kappa shape index (κ3) is 7.43. The number of halogens is 1. The monoisotopic (exact) mass is 466 g/mol. The first-order valence-corrected chi connectivity index (χ1v) is 11.4. The molecule has 33 heavy (non-hydrogen) atoms. The van der Waals surface area contributed by atoms with E-state index in [0.717, 1.165) is 22.5 Å². The van der Waals surface area contributed by atoms with Crippen molar-refractivity contribution in [3.63, 3.8) is 0 Å². The molecule has 0 heterocycles. The first kappa shape index (κ1) is 24.5. The Kier molecular flexibility index (Phi) is 8.61. The predicted molar refractivity (Wildman–Crippen MR) is 135 cm³/mol. The zero-order valence-electron chi connectivity index (χ0n) is 19.6. The lowest BCUT2D eigenvalue weighted by atomic mass is 10.1. The highest BCUT2D eigenvalue weighted by Crippen LogP contribution is 2.37. The molecule has 0 unspecified atom stereocenters. The average Bonchev–Trinajstić information content (AvgIpc) is 2.76. The van der Waals surface area contributed by atoms with E-state index in [9.17, 15) is 4.79 Å². The first-order chi connectivity index (χ1) is 15.8. The zero-order valence-corrected chi connectivity index (χ0v) is 20.3. The molecule has 0 radical (unpaired) electrons. The molecule has 3 aromatic rings. The summed E-state index contributed by atoms with van der Waals surface area (Å²) in [6, 6.07) is 19.6. The third-order valence-corrected chi connectivity index (χ3v) is 5.27. The minimum atomic E-state index is 0.0138. The second-order valence-electron chi connectivity index (χ2n) is 8.47. The molecule has 5 nitrogen and oxygen atoms in total. The summed E-state index contributed by atoms with van der Waals surface area (Å²) in [6.07, 6.45) is 0.494. The van der Waals surface area contributed by atoms with E-state index >= 15 is 0 Å². The molecule has 0 aliphatic carbocycles. The number of anilines is 2. The highest BCUT2D eigenvalue weighted by Gasteiger charge is 2.13. The van der Waals surface area contributed by atoms with E-state index in [4.69, 9.17) is 21.1 Å². The number of nitrogens with one attached hydrogen (secondary N) is 2. The van der Waals surface area contributed by atoms with Crippen LogP contribution in [0.3, 0.4) is 0 Å². The van der Waals surface area contributed by atoms with Crippen molar-refractivity contribution in [2.75, 3.05) is 17.7 Å². The molecule has 174 valence electrons. The van der Waals surface area contributed by atoms with Crippen LogP contribution in [0, 0.1) is 12.8 Å². The smallest absolute Gasteiger partial charge is 0.224 e. The van der Waals surface area contributed by atoms with E-state index in [2.05, 4.69) is 16.7 Å². The van der Waals surface area contributed by atoms with Crippen molar-refractivity contribution in [2.45, 2.75) is 40.3 Å². The van der Waals surface area contributed by atoms with Crippen molar-refractivity contribution in [1.82, 2.24) is 0 Å². The Bertz CT molecular complexity index is 1100. The molecule has 0 aliphatic rings. The molecule has 0 aromatic heterocycles. The highest BCUT2D eigenvalue weighted by atomic mass is 35.5. The molecule has 6 heteroatoms. The molecular formula is C27H31ClN2O3. The Hall–Kier alpha value is -3.18. The second kappa shape index (κ2) is 11.6. The van der Waals surface area contributed by atoms with Crippen molar-refractivity contribution in [3.05, 3.63) is 82.4 Å². The van der Waals surface area contributed by atoms with E-state index in [1.807, 2.05) is 75.4 Å². The Morgan fingerprint density at radius 2 is 1.76 bits per heavy atom. The molecule has 0 saturated heterocycles. The summed E-state index contributed by atoms with van der Waals surface area (Å²) in [5.41, 5.74) is 4.86. The molecule has 1 amide bonds. The van der Waals surface area contributed by atoms with Crippen LogP contribution in [0.25, 0.3) is 0 Å². The molecule has 0 aliphatic heterocycles. The molecule has 0 saturated carbocycles. The Morgan fingerprint density at radius 1 is 1.00 bits per heavy atom. The minimum Gasteiger partial charge on any atom is -0.493 e. The van der Waals surface area contributed by atoms with Crippen LogP contribution in [0.5, 0.6) is 11.5 Å². The standard InChI is InChI=1S/C27H31ClN2O3/c1-18(2)11-26(31)30-23-10-6-9-22(15-23)29-16-21-13-24(28)27(25(14-21)32-4)33-17-20-8-5-7-19(3)12-20/h5-10,12-15,18,29H,11,16-17H2,1-4H3,(H,30,31). The molecule has 0 fully saturated rings. The van der Waals surface area contributed by atoms with Crippen LogP contribution in [0.1, 0.15) is 37.0 Å². The molecule has 0 bridgehead atoms. The van der Waals surface area contributed by atoms with Crippen molar-refractivity contribution < 1.29 is 14.3 Å². The lowest BCUT2D eigenvalue weighted by molar-refractivity contribution is -0.116. The molecule has 0 atom stereocenters. The van der Waals surface area contributed by atoms with Crippen LogP contribution < -0.4 is 20.1 Å². The van der Waals surface area contributed by atoms with Crippen molar-refractivity contribution >= 4 is 28.9 Å². The maximum atomic E-state index is 12.0. The Morgan fingerprint density at radius 3 is 2.48 bits per heavy atom. The van der Waals surface area contributed by atoms with Crippen LogP contribution in [0.2, 0.25) is 5.02 Å². The van der Waals surface area contributed by atoms with Crippen LogP contribution >= 0.6 is 11.6 Å². The van der Waals surface area contributed by atoms with Crippen LogP contribution in [0.4, 0.5) is 11.4 Å². The normalized spacial score (nSPS) is 10.7. The predicted octanol–water partition coefficient (Wildman–Crippen LogP) is 6.83. The fourth-order valence-electron chi connectivity index (χ4n) is 3.47. The van der Waals surface area contributed by atoms with Gasteiger partial charge in [-0.1, -0.05) is 61.3 Å². The van der Waals surface area contributed by atoms with Gasteiger partial charge in [-0.25, -0.2) is 0 Å². The fraction of sp³-hybridized carbons (Fsp3) is 0.296. The average molecular weight is 467 g/mol. The number of methoxy groups -OCH3 is 1. The van der Waals surface area contributed by atoms with Gasteiger partial charge in [0.25, 0.3) is 0 Å². The van der Waals surface area contributed by atoms with Gasteiger partial charge >= 0.3 is 0 Å². The topological polar surface area (TPSA) is 59.6 Å². The van der Waals surface area contributed by atoms with Gasteiger partial charge in [0.05, 0.1) is 12.1 Å². The van der Waals surface area contributed by atoms with Gasteiger partial charge in [0, 0.05) is 24.3 Å². The van der Waals surface area contributed by atoms with E-state index in [1.54, 1.807) is 7.11 Å². The largest absolute Gasteiger partial charge is 0.493 e. The number of rotatable bonds is 10. The van der Waals surface area contributed by atoms with Gasteiger partial charge in [0.1, 0.15) is 6.61 Å². The number of ether oxygens (including phenoxy) is 2. The molecular weight excluding hydrogens is 436 g/mol. The summed E-state index contributed by atoms with van der Waals surface area (Å²) in [5.74, 6) is 1.44. The van der Waals surface area contributed by atoms with Gasteiger partial charge in [-0.15, -0.1) is 0 Å². The second-order valence-corrected chi connectivity index (χ2v) is 8.87. The lowest BCUT2D eigenvalue weighted by Gasteiger charge is -2.15. The van der Waals surface area contributed by atoms with Crippen LogP contribution in [-0.2, 0) is 17.9 Å². The summed E-state index contributed by atoms with van der Waals surface area (Å²) in [7, 11) is 1.60. The quantitative estimate of drug-likeness (QED) is 0.343. The maximum Gasteiger partial charge on any atom is 0.224 e.